The summed E-state index contributed by atoms with van der Waals surface area (Å²) in [5.41, 5.74) is -0.00539. The quantitative estimate of drug-likeness (QED) is 0.495. The van der Waals surface area contributed by atoms with E-state index in [1.54, 1.807) is 20.8 Å². The first-order valence-electron chi connectivity index (χ1n) is 10.9. The fourth-order valence-electron chi connectivity index (χ4n) is 4.24. The SMILES string of the molecule is CCOC(=O)C1=C(NCC2CCCCC2)OC2=C(C(=O)OC(C)C2)C1C(=O)OCC. The first kappa shape index (κ1) is 22.2. The van der Waals surface area contributed by atoms with Crippen LogP contribution in [-0.2, 0) is 33.3 Å². The molecule has 8 heteroatoms. The van der Waals surface area contributed by atoms with Crippen LogP contribution in [0.1, 0.15) is 59.3 Å². The van der Waals surface area contributed by atoms with Crippen molar-refractivity contribution in [2.75, 3.05) is 19.8 Å². The van der Waals surface area contributed by atoms with Gasteiger partial charge in [0, 0.05) is 13.0 Å². The summed E-state index contributed by atoms with van der Waals surface area (Å²) in [6, 6.07) is 0. The molecule has 1 aliphatic carbocycles. The summed E-state index contributed by atoms with van der Waals surface area (Å²) < 4.78 is 21.7. The molecule has 1 saturated carbocycles. The lowest BCUT2D eigenvalue weighted by atomic mass is 9.85. The Labute approximate surface area is 176 Å². The van der Waals surface area contributed by atoms with E-state index >= 15 is 0 Å². The number of cyclic esters (lactones) is 1. The number of esters is 3. The van der Waals surface area contributed by atoms with E-state index in [2.05, 4.69) is 5.32 Å². The summed E-state index contributed by atoms with van der Waals surface area (Å²) in [5.74, 6) is -2.32. The van der Waals surface area contributed by atoms with Gasteiger partial charge in [0.15, 0.2) is 0 Å². The van der Waals surface area contributed by atoms with Crippen LogP contribution in [0.2, 0.25) is 0 Å². The summed E-state index contributed by atoms with van der Waals surface area (Å²) in [6.07, 6.45) is 5.75. The van der Waals surface area contributed by atoms with Crippen molar-refractivity contribution in [2.24, 2.45) is 11.8 Å². The van der Waals surface area contributed by atoms with E-state index < -0.39 is 23.8 Å². The summed E-state index contributed by atoms with van der Waals surface area (Å²) in [7, 11) is 0. The van der Waals surface area contributed by atoms with Crippen LogP contribution in [0.4, 0.5) is 0 Å². The molecule has 3 aliphatic rings. The molecule has 0 aromatic rings. The molecule has 2 aliphatic heterocycles. The van der Waals surface area contributed by atoms with Crippen molar-refractivity contribution in [3.8, 4) is 0 Å². The molecule has 0 amide bonds. The predicted molar refractivity (Wildman–Crippen MR) is 107 cm³/mol. The molecule has 0 spiro atoms. The van der Waals surface area contributed by atoms with E-state index in [1.165, 1.54) is 19.3 Å². The van der Waals surface area contributed by atoms with Gasteiger partial charge in [0.05, 0.1) is 18.8 Å². The van der Waals surface area contributed by atoms with Crippen molar-refractivity contribution in [3.63, 3.8) is 0 Å². The Kier molecular flexibility index (Phi) is 7.39. The lowest BCUT2D eigenvalue weighted by Crippen LogP contribution is -2.41. The van der Waals surface area contributed by atoms with Crippen LogP contribution in [-0.4, -0.2) is 43.8 Å². The number of nitrogens with one attached hydrogen (secondary N) is 1. The van der Waals surface area contributed by atoms with Crippen molar-refractivity contribution < 1.29 is 33.3 Å². The van der Waals surface area contributed by atoms with Gasteiger partial charge in [-0.15, -0.1) is 0 Å². The summed E-state index contributed by atoms with van der Waals surface area (Å²) in [5, 5.41) is 3.23. The van der Waals surface area contributed by atoms with Crippen LogP contribution in [0.5, 0.6) is 0 Å². The average molecular weight is 421 g/mol. The van der Waals surface area contributed by atoms with E-state index in [-0.39, 0.29) is 36.3 Å². The Morgan fingerprint density at radius 3 is 2.47 bits per heavy atom. The van der Waals surface area contributed by atoms with Gasteiger partial charge in [-0.25, -0.2) is 9.59 Å². The maximum atomic E-state index is 12.9. The normalized spacial score (nSPS) is 24.6. The first-order chi connectivity index (χ1) is 14.5. The largest absolute Gasteiger partial charge is 0.465 e. The van der Waals surface area contributed by atoms with Gasteiger partial charge in [0.2, 0.25) is 5.88 Å². The van der Waals surface area contributed by atoms with Crippen molar-refractivity contribution >= 4 is 17.9 Å². The van der Waals surface area contributed by atoms with Gasteiger partial charge >= 0.3 is 17.9 Å². The lowest BCUT2D eigenvalue weighted by Gasteiger charge is -2.34. The maximum Gasteiger partial charge on any atom is 0.340 e. The molecule has 0 radical (unpaired) electrons. The standard InChI is InChI=1S/C22H31NO7/c1-4-27-20(24)17-16-15(11-13(3)29-22(16)26)30-19(18(17)21(25)28-5-2)23-12-14-9-7-6-8-10-14/h13-14,17,23H,4-12H2,1-3H3. The van der Waals surface area contributed by atoms with E-state index in [4.69, 9.17) is 18.9 Å². The molecule has 2 atom stereocenters. The molecule has 0 aromatic heterocycles. The fourth-order valence-corrected chi connectivity index (χ4v) is 4.24. The van der Waals surface area contributed by atoms with Gasteiger partial charge in [-0.05, 0) is 39.5 Å². The first-order valence-corrected chi connectivity index (χ1v) is 10.9. The van der Waals surface area contributed by atoms with Crippen molar-refractivity contribution in [3.05, 3.63) is 22.8 Å². The molecule has 1 N–H and O–H groups in total. The van der Waals surface area contributed by atoms with Crippen LogP contribution in [0, 0.1) is 11.8 Å². The molecule has 0 aromatic carbocycles. The van der Waals surface area contributed by atoms with Crippen LogP contribution in [0.3, 0.4) is 0 Å². The number of ether oxygens (including phenoxy) is 4. The Morgan fingerprint density at radius 1 is 1.10 bits per heavy atom. The van der Waals surface area contributed by atoms with Gasteiger partial charge in [-0.3, -0.25) is 4.79 Å². The molecule has 0 bridgehead atoms. The second-order valence-corrected chi connectivity index (χ2v) is 7.89. The van der Waals surface area contributed by atoms with Crippen molar-refractivity contribution in [1.82, 2.24) is 5.32 Å². The van der Waals surface area contributed by atoms with E-state index in [9.17, 15) is 14.4 Å². The highest BCUT2D eigenvalue weighted by molar-refractivity contribution is 6.05. The number of hydrogen-bond donors (Lipinski definition) is 1. The van der Waals surface area contributed by atoms with Gasteiger partial charge in [0.1, 0.15) is 23.4 Å². The van der Waals surface area contributed by atoms with Gasteiger partial charge < -0.3 is 24.3 Å². The molecule has 2 unspecified atom stereocenters. The van der Waals surface area contributed by atoms with Crippen LogP contribution in [0.15, 0.2) is 22.8 Å². The smallest absolute Gasteiger partial charge is 0.340 e. The van der Waals surface area contributed by atoms with E-state index in [0.717, 1.165) is 12.8 Å². The van der Waals surface area contributed by atoms with Gasteiger partial charge in [-0.1, -0.05) is 19.3 Å². The zero-order valence-corrected chi connectivity index (χ0v) is 18.0. The second kappa shape index (κ2) is 10.00. The Bertz CT molecular complexity index is 749. The minimum Gasteiger partial charge on any atom is -0.465 e. The summed E-state index contributed by atoms with van der Waals surface area (Å²) in [6.45, 7) is 5.97. The molecular weight excluding hydrogens is 390 g/mol. The van der Waals surface area contributed by atoms with Crippen molar-refractivity contribution in [1.29, 1.82) is 0 Å². The third-order valence-electron chi connectivity index (χ3n) is 5.64. The molecule has 2 heterocycles. The third-order valence-corrected chi connectivity index (χ3v) is 5.64. The minimum atomic E-state index is -1.23. The number of rotatable bonds is 7. The summed E-state index contributed by atoms with van der Waals surface area (Å²) in [4.78, 5) is 38.3. The minimum absolute atomic E-state index is 0.0258. The third kappa shape index (κ3) is 4.79. The van der Waals surface area contributed by atoms with Crippen molar-refractivity contribution in [2.45, 2.75) is 65.4 Å². The highest BCUT2D eigenvalue weighted by Gasteiger charge is 2.48. The van der Waals surface area contributed by atoms with Gasteiger partial charge in [-0.2, -0.15) is 0 Å². The van der Waals surface area contributed by atoms with Crippen LogP contribution < -0.4 is 5.32 Å². The number of carbonyl (C=O) groups excluding carboxylic acids is 3. The average Bonchev–Trinajstić information content (AvgIpc) is 2.72. The van der Waals surface area contributed by atoms with Crippen LogP contribution >= 0.6 is 0 Å². The predicted octanol–water partition coefficient (Wildman–Crippen LogP) is 2.73. The number of hydrogen-bond acceptors (Lipinski definition) is 8. The molecule has 166 valence electrons. The van der Waals surface area contributed by atoms with Gasteiger partial charge in [0.25, 0.3) is 0 Å². The molecule has 0 saturated heterocycles. The fraction of sp³-hybridized carbons (Fsp3) is 0.682. The zero-order valence-electron chi connectivity index (χ0n) is 18.0. The van der Waals surface area contributed by atoms with Crippen LogP contribution in [0.25, 0.3) is 0 Å². The topological polar surface area (TPSA) is 100 Å². The molecule has 8 nitrogen and oxygen atoms in total. The summed E-state index contributed by atoms with van der Waals surface area (Å²) >= 11 is 0. The Balaban J connectivity index is 1.98. The zero-order chi connectivity index (χ0) is 21.7. The molecule has 3 rings (SSSR count). The Hall–Kier alpha value is -2.51. The maximum absolute atomic E-state index is 12.9. The Morgan fingerprint density at radius 2 is 1.80 bits per heavy atom. The highest BCUT2D eigenvalue weighted by Crippen LogP contribution is 2.39. The monoisotopic (exact) mass is 421 g/mol. The second-order valence-electron chi connectivity index (χ2n) is 7.89. The highest BCUT2D eigenvalue weighted by atomic mass is 16.6. The van der Waals surface area contributed by atoms with E-state index in [0.29, 0.717) is 24.6 Å². The number of carbonyl (C=O) groups is 3. The lowest BCUT2D eigenvalue weighted by molar-refractivity contribution is -0.155. The van der Waals surface area contributed by atoms with E-state index in [1.807, 2.05) is 0 Å². The molecule has 1 fully saturated rings. The molecular formula is C22H31NO7. The molecule has 30 heavy (non-hydrogen) atoms.